The van der Waals surface area contributed by atoms with Gasteiger partial charge in [-0.1, -0.05) is 36.4 Å². The van der Waals surface area contributed by atoms with E-state index in [1.165, 1.54) is 12.1 Å². The van der Waals surface area contributed by atoms with Crippen molar-refractivity contribution in [2.45, 2.75) is 25.9 Å². The normalized spacial score (nSPS) is 11.5. The van der Waals surface area contributed by atoms with Gasteiger partial charge in [0.15, 0.2) is 6.10 Å². The monoisotopic (exact) mass is 410 g/mol. The standard InChI is InChI=1S/C23H23FN2O4/c1-16(30-21-12-11-17-6-2-3-7-18(17)14-21)23(28)26-25-22(27)10-5-13-29-20-9-4-8-19(24)15-20/h2-4,6-9,11-12,14-16H,5,10,13H2,1H3,(H,25,27)(H,26,28). The summed E-state index contributed by atoms with van der Waals surface area (Å²) in [7, 11) is 0. The largest absolute Gasteiger partial charge is 0.493 e. The average molecular weight is 410 g/mol. The average Bonchev–Trinajstić information content (AvgIpc) is 2.75. The van der Waals surface area contributed by atoms with Crippen LogP contribution in [0.15, 0.2) is 66.7 Å². The van der Waals surface area contributed by atoms with Crippen molar-refractivity contribution in [3.05, 3.63) is 72.5 Å². The highest BCUT2D eigenvalue weighted by Crippen LogP contribution is 2.21. The van der Waals surface area contributed by atoms with E-state index in [1.807, 2.05) is 36.4 Å². The number of ether oxygens (including phenoxy) is 2. The highest BCUT2D eigenvalue weighted by atomic mass is 19.1. The summed E-state index contributed by atoms with van der Waals surface area (Å²) in [6.45, 7) is 1.86. The number of carbonyl (C=O) groups is 2. The van der Waals surface area contributed by atoms with Crippen LogP contribution in [0.25, 0.3) is 10.8 Å². The van der Waals surface area contributed by atoms with Crippen molar-refractivity contribution >= 4 is 22.6 Å². The van der Waals surface area contributed by atoms with Crippen LogP contribution in [0.5, 0.6) is 11.5 Å². The summed E-state index contributed by atoms with van der Waals surface area (Å²) in [4.78, 5) is 24.0. The van der Waals surface area contributed by atoms with Crippen LogP contribution in [0.3, 0.4) is 0 Å². The van der Waals surface area contributed by atoms with Crippen LogP contribution < -0.4 is 20.3 Å². The molecule has 0 aromatic heterocycles. The molecule has 0 radical (unpaired) electrons. The third-order valence-corrected chi connectivity index (χ3v) is 4.34. The summed E-state index contributed by atoms with van der Waals surface area (Å²) in [6.07, 6.45) is -0.223. The van der Waals surface area contributed by atoms with E-state index in [4.69, 9.17) is 9.47 Å². The number of halogens is 1. The van der Waals surface area contributed by atoms with Crippen LogP contribution in [0.1, 0.15) is 19.8 Å². The maximum Gasteiger partial charge on any atom is 0.279 e. The summed E-state index contributed by atoms with van der Waals surface area (Å²) < 4.78 is 24.1. The molecule has 2 N–H and O–H groups in total. The molecule has 30 heavy (non-hydrogen) atoms. The number of fused-ring (bicyclic) bond motifs is 1. The predicted molar refractivity (Wildman–Crippen MR) is 111 cm³/mol. The van der Waals surface area contributed by atoms with Gasteiger partial charge in [-0.25, -0.2) is 4.39 Å². The number of carbonyl (C=O) groups excluding carboxylic acids is 2. The minimum absolute atomic E-state index is 0.148. The Bertz CT molecular complexity index is 1020. The summed E-state index contributed by atoms with van der Waals surface area (Å²) in [5, 5.41) is 2.09. The molecule has 0 bridgehead atoms. The molecule has 7 heteroatoms. The van der Waals surface area contributed by atoms with Crippen molar-refractivity contribution in [2.24, 2.45) is 0 Å². The third kappa shape index (κ3) is 6.20. The van der Waals surface area contributed by atoms with Crippen molar-refractivity contribution in [3.8, 4) is 11.5 Å². The Morgan fingerprint density at radius 2 is 1.73 bits per heavy atom. The van der Waals surface area contributed by atoms with E-state index >= 15 is 0 Å². The van der Waals surface area contributed by atoms with Crippen molar-refractivity contribution < 1.29 is 23.5 Å². The van der Waals surface area contributed by atoms with E-state index in [1.54, 1.807) is 25.1 Å². The Hall–Kier alpha value is -3.61. The summed E-state index contributed by atoms with van der Waals surface area (Å²) in [6, 6.07) is 19.2. The van der Waals surface area contributed by atoms with Gasteiger partial charge in [0.05, 0.1) is 6.61 Å². The molecule has 6 nitrogen and oxygen atoms in total. The van der Waals surface area contributed by atoms with Gasteiger partial charge in [0, 0.05) is 12.5 Å². The van der Waals surface area contributed by atoms with E-state index in [9.17, 15) is 14.0 Å². The van der Waals surface area contributed by atoms with Gasteiger partial charge in [0.25, 0.3) is 5.91 Å². The van der Waals surface area contributed by atoms with E-state index < -0.39 is 12.0 Å². The van der Waals surface area contributed by atoms with Gasteiger partial charge in [-0.3, -0.25) is 20.4 Å². The molecule has 0 aliphatic carbocycles. The molecule has 3 aromatic rings. The van der Waals surface area contributed by atoms with Gasteiger partial charge in [-0.2, -0.15) is 0 Å². The molecule has 0 saturated carbocycles. The summed E-state index contributed by atoms with van der Waals surface area (Å²) in [5.41, 5.74) is 4.70. The summed E-state index contributed by atoms with van der Waals surface area (Å²) in [5.74, 6) is -0.231. The molecule has 3 aromatic carbocycles. The molecule has 156 valence electrons. The molecule has 0 aliphatic rings. The Morgan fingerprint density at radius 1 is 0.933 bits per heavy atom. The molecule has 0 saturated heterocycles. The highest BCUT2D eigenvalue weighted by molar-refractivity contribution is 5.85. The number of amides is 2. The lowest BCUT2D eigenvalue weighted by atomic mass is 10.1. The molecule has 0 spiro atoms. The lowest BCUT2D eigenvalue weighted by Gasteiger charge is -2.15. The number of rotatable bonds is 8. The maximum absolute atomic E-state index is 13.1. The Labute approximate surface area is 174 Å². The fraction of sp³-hybridized carbons (Fsp3) is 0.217. The fourth-order valence-electron chi connectivity index (χ4n) is 2.77. The number of hydrogen-bond acceptors (Lipinski definition) is 4. The Balaban J connectivity index is 1.36. The second-order valence-corrected chi connectivity index (χ2v) is 6.72. The second kappa shape index (κ2) is 10.2. The Morgan fingerprint density at radius 3 is 2.53 bits per heavy atom. The first-order chi connectivity index (χ1) is 14.5. The zero-order valence-corrected chi connectivity index (χ0v) is 16.6. The van der Waals surface area contributed by atoms with E-state index in [0.29, 0.717) is 17.9 Å². The maximum atomic E-state index is 13.1. The number of nitrogens with one attached hydrogen (secondary N) is 2. The van der Waals surface area contributed by atoms with Crippen LogP contribution >= 0.6 is 0 Å². The molecular weight excluding hydrogens is 387 g/mol. The molecule has 2 amide bonds. The van der Waals surface area contributed by atoms with Gasteiger partial charge in [0.2, 0.25) is 5.91 Å². The third-order valence-electron chi connectivity index (χ3n) is 4.34. The van der Waals surface area contributed by atoms with Crippen LogP contribution in [-0.2, 0) is 9.59 Å². The van der Waals surface area contributed by atoms with Crippen molar-refractivity contribution in [2.75, 3.05) is 6.61 Å². The van der Waals surface area contributed by atoms with Crippen LogP contribution in [0.4, 0.5) is 4.39 Å². The van der Waals surface area contributed by atoms with E-state index in [2.05, 4.69) is 10.9 Å². The molecule has 0 heterocycles. The quantitative estimate of drug-likeness (QED) is 0.438. The van der Waals surface area contributed by atoms with Crippen LogP contribution in [0.2, 0.25) is 0 Å². The summed E-state index contributed by atoms with van der Waals surface area (Å²) >= 11 is 0. The van der Waals surface area contributed by atoms with E-state index in [0.717, 1.165) is 10.8 Å². The smallest absolute Gasteiger partial charge is 0.279 e. The minimum Gasteiger partial charge on any atom is -0.493 e. The first-order valence-corrected chi connectivity index (χ1v) is 9.64. The zero-order valence-electron chi connectivity index (χ0n) is 16.6. The zero-order chi connectivity index (χ0) is 21.3. The van der Waals surface area contributed by atoms with Crippen molar-refractivity contribution in [1.29, 1.82) is 0 Å². The van der Waals surface area contributed by atoms with Gasteiger partial charge >= 0.3 is 0 Å². The van der Waals surface area contributed by atoms with Crippen molar-refractivity contribution in [3.63, 3.8) is 0 Å². The SMILES string of the molecule is CC(Oc1ccc2ccccc2c1)C(=O)NNC(=O)CCCOc1cccc(F)c1. The number of hydrogen-bond donors (Lipinski definition) is 2. The van der Waals surface area contributed by atoms with E-state index in [-0.39, 0.29) is 24.8 Å². The molecule has 1 atom stereocenters. The number of benzene rings is 3. The lowest BCUT2D eigenvalue weighted by Crippen LogP contribution is -2.47. The first kappa shape index (κ1) is 21.1. The Kier molecular flexibility index (Phi) is 7.21. The minimum atomic E-state index is -0.789. The number of hydrazine groups is 1. The van der Waals surface area contributed by atoms with Gasteiger partial charge in [0.1, 0.15) is 17.3 Å². The van der Waals surface area contributed by atoms with Crippen molar-refractivity contribution in [1.82, 2.24) is 10.9 Å². The molecule has 3 rings (SSSR count). The predicted octanol–water partition coefficient (Wildman–Crippen LogP) is 3.75. The van der Waals surface area contributed by atoms with Gasteiger partial charge < -0.3 is 9.47 Å². The molecule has 1 unspecified atom stereocenters. The topological polar surface area (TPSA) is 76.7 Å². The molecule has 0 fully saturated rings. The molecule has 0 aliphatic heterocycles. The second-order valence-electron chi connectivity index (χ2n) is 6.72. The fourth-order valence-corrected chi connectivity index (χ4v) is 2.77. The molecular formula is C23H23FN2O4. The van der Waals surface area contributed by atoms with Gasteiger partial charge in [-0.15, -0.1) is 0 Å². The van der Waals surface area contributed by atoms with Crippen LogP contribution in [-0.4, -0.2) is 24.5 Å². The van der Waals surface area contributed by atoms with Gasteiger partial charge in [-0.05, 0) is 48.4 Å². The highest BCUT2D eigenvalue weighted by Gasteiger charge is 2.15. The first-order valence-electron chi connectivity index (χ1n) is 9.64. The lowest BCUT2D eigenvalue weighted by molar-refractivity contribution is -0.132. The van der Waals surface area contributed by atoms with Crippen LogP contribution in [0, 0.1) is 5.82 Å².